The minimum absolute atomic E-state index is 0.354. The Morgan fingerprint density at radius 3 is 2.67 bits per heavy atom. The van der Waals surface area contributed by atoms with Crippen molar-refractivity contribution in [3.8, 4) is 28.6 Å². The number of piperidine rings is 1. The van der Waals surface area contributed by atoms with E-state index in [1.54, 1.807) is 6.20 Å². The van der Waals surface area contributed by atoms with E-state index < -0.39 is 8.07 Å². The number of carbonyl (C=O) groups is 1. The van der Waals surface area contributed by atoms with Gasteiger partial charge in [0.25, 0.3) is 0 Å². The summed E-state index contributed by atoms with van der Waals surface area (Å²) in [6.45, 7) is 13.1. The molecule has 1 aromatic carbocycles. The monoisotopic (exact) mass is 603 g/mol. The molecule has 0 aliphatic carbocycles. The lowest BCUT2D eigenvalue weighted by Crippen LogP contribution is -2.45. The molecule has 0 spiro atoms. The standard InChI is InChI=1S/C33H45N5O4Si/c1-43(2,3)20-19-40-24-38-30(10-14-35-38)25-6-9-32(34-22-25)42-28-7-8-29-26(23-41-31(29)21-28)11-16-36-17-12-27(13-18-36)37-15-4-5-33(37)39/h6-10,14,21-22,26-27H,4-5,11-13,15-20,23-24H2,1-3H3. The summed E-state index contributed by atoms with van der Waals surface area (Å²) >= 11 is 0. The minimum atomic E-state index is -1.12. The van der Waals surface area contributed by atoms with Crippen LogP contribution in [-0.2, 0) is 16.3 Å². The third-order valence-corrected chi connectivity index (χ3v) is 10.7. The summed E-state index contributed by atoms with van der Waals surface area (Å²) in [7, 11) is -1.12. The lowest BCUT2D eigenvalue weighted by molar-refractivity contribution is -0.130. The molecule has 0 saturated carbocycles. The van der Waals surface area contributed by atoms with Gasteiger partial charge in [-0.15, -0.1) is 0 Å². The Bertz CT molecular complexity index is 1380. The number of benzene rings is 1. The highest BCUT2D eigenvalue weighted by atomic mass is 28.3. The Hall–Kier alpha value is -3.21. The predicted octanol–water partition coefficient (Wildman–Crippen LogP) is 6.00. The van der Waals surface area contributed by atoms with Crippen molar-refractivity contribution in [2.75, 3.05) is 39.4 Å². The molecule has 3 aliphatic heterocycles. The van der Waals surface area contributed by atoms with Crippen molar-refractivity contribution >= 4 is 14.0 Å². The maximum atomic E-state index is 12.1. The molecule has 230 valence electrons. The summed E-state index contributed by atoms with van der Waals surface area (Å²) < 4.78 is 19.9. The SMILES string of the molecule is C[Si](C)(C)CCOCn1nccc1-c1ccc(Oc2ccc3c(c2)OCC3CCN2CCC(N3CCCC3=O)CC2)nc1. The molecule has 0 bridgehead atoms. The molecular formula is C33H45N5O4Si. The number of hydrogen-bond donors (Lipinski definition) is 0. The fourth-order valence-electron chi connectivity index (χ4n) is 6.33. The molecule has 1 atom stereocenters. The predicted molar refractivity (Wildman–Crippen MR) is 169 cm³/mol. The number of hydrogen-bond acceptors (Lipinski definition) is 7. The van der Waals surface area contributed by atoms with Gasteiger partial charge in [0.15, 0.2) is 0 Å². The second-order valence-corrected chi connectivity index (χ2v) is 18.9. The lowest BCUT2D eigenvalue weighted by atomic mass is 9.96. The van der Waals surface area contributed by atoms with Crippen molar-refractivity contribution in [3.63, 3.8) is 0 Å². The second-order valence-electron chi connectivity index (χ2n) is 13.3. The average molecular weight is 604 g/mol. The van der Waals surface area contributed by atoms with Gasteiger partial charge < -0.3 is 24.0 Å². The fraction of sp³-hybridized carbons (Fsp3) is 0.545. The fourth-order valence-corrected chi connectivity index (χ4v) is 7.09. The number of rotatable bonds is 12. The van der Waals surface area contributed by atoms with E-state index >= 15 is 0 Å². The summed E-state index contributed by atoms with van der Waals surface area (Å²) in [5.41, 5.74) is 3.19. The van der Waals surface area contributed by atoms with Gasteiger partial charge in [-0.2, -0.15) is 5.10 Å². The number of aromatic nitrogens is 3. The summed E-state index contributed by atoms with van der Waals surface area (Å²) in [5, 5.41) is 4.43. The number of ether oxygens (including phenoxy) is 3. The normalized spacial score (nSPS) is 19.6. The molecule has 6 rings (SSSR count). The Morgan fingerprint density at radius 1 is 1.07 bits per heavy atom. The molecule has 9 nitrogen and oxygen atoms in total. The van der Waals surface area contributed by atoms with Crippen LogP contribution in [0.3, 0.4) is 0 Å². The molecule has 2 fully saturated rings. The van der Waals surface area contributed by atoms with Gasteiger partial charge in [0.1, 0.15) is 18.2 Å². The number of fused-ring (bicyclic) bond motifs is 1. The van der Waals surface area contributed by atoms with E-state index in [1.807, 2.05) is 41.2 Å². The minimum Gasteiger partial charge on any atom is -0.493 e. The molecule has 43 heavy (non-hydrogen) atoms. The first kappa shape index (κ1) is 29.8. The van der Waals surface area contributed by atoms with E-state index in [2.05, 4.69) is 45.6 Å². The van der Waals surface area contributed by atoms with Crippen LogP contribution >= 0.6 is 0 Å². The van der Waals surface area contributed by atoms with E-state index in [0.29, 0.717) is 37.1 Å². The molecule has 3 aromatic rings. The van der Waals surface area contributed by atoms with Gasteiger partial charge >= 0.3 is 0 Å². The Labute approximate surface area is 256 Å². The van der Waals surface area contributed by atoms with Crippen molar-refractivity contribution < 1.29 is 19.0 Å². The number of amides is 1. The zero-order valence-corrected chi connectivity index (χ0v) is 26.8. The Morgan fingerprint density at radius 2 is 1.93 bits per heavy atom. The molecule has 1 unspecified atom stereocenters. The number of pyridine rings is 1. The van der Waals surface area contributed by atoms with Crippen LogP contribution in [0.15, 0.2) is 48.8 Å². The van der Waals surface area contributed by atoms with Crippen LogP contribution in [0.1, 0.15) is 43.6 Å². The average Bonchev–Trinajstić information content (AvgIpc) is 3.74. The van der Waals surface area contributed by atoms with Gasteiger partial charge in [-0.25, -0.2) is 9.67 Å². The zero-order chi connectivity index (χ0) is 29.8. The topological polar surface area (TPSA) is 82.0 Å². The maximum absolute atomic E-state index is 12.1. The van der Waals surface area contributed by atoms with Gasteiger partial charge in [0.05, 0.1) is 12.3 Å². The molecular weight excluding hydrogens is 558 g/mol. The quantitative estimate of drug-likeness (QED) is 0.185. The highest BCUT2D eigenvalue weighted by molar-refractivity contribution is 6.76. The lowest BCUT2D eigenvalue weighted by Gasteiger charge is -2.37. The Balaban J connectivity index is 0.983. The first-order valence-corrected chi connectivity index (χ1v) is 19.6. The molecule has 1 amide bonds. The van der Waals surface area contributed by atoms with E-state index in [0.717, 1.165) is 93.7 Å². The summed E-state index contributed by atoms with van der Waals surface area (Å²) in [6.07, 6.45) is 8.63. The molecule has 10 heteroatoms. The van der Waals surface area contributed by atoms with Crippen molar-refractivity contribution in [1.82, 2.24) is 24.6 Å². The molecule has 2 saturated heterocycles. The molecule has 0 N–H and O–H groups in total. The van der Waals surface area contributed by atoms with Gasteiger partial charge in [-0.05, 0) is 56.5 Å². The largest absolute Gasteiger partial charge is 0.493 e. The summed E-state index contributed by atoms with van der Waals surface area (Å²) in [4.78, 5) is 21.3. The molecule has 2 aromatic heterocycles. The van der Waals surface area contributed by atoms with Crippen LogP contribution in [0.4, 0.5) is 0 Å². The van der Waals surface area contributed by atoms with Gasteiger partial charge in [-0.3, -0.25) is 4.79 Å². The smallest absolute Gasteiger partial charge is 0.222 e. The first-order valence-electron chi connectivity index (χ1n) is 15.8. The van der Waals surface area contributed by atoms with Crippen LogP contribution in [0, 0.1) is 0 Å². The van der Waals surface area contributed by atoms with Gasteiger partial charge in [-0.1, -0.05) is 25.7 Å². The molecule has 3 aliphatic rings. The van der Waals surface area contributed by atoms with E-state index in [4.69, 9.17) is 14.2 Å². The van der Waals surface area contributed by atoms with Crippen LogP contribution in [0.2, 0.25) is 25.7 Å². The Kier molecular flexibility index (Phi) is 9.16. The summed E-state index contributed by atoms with van der Waals surface area (Å²) in [6, 6.07) is 13.6. The van der Waals surface area contributed by atoms with Crippen LogP contribution in [-0.4, -0.2) is 84.0 Å². The first-order chi connectivity index (χ1) is 20.8. The van der Waals surface area contributed by atoms with Gasteiger partial charge in [0, 0.05) is 88.3 Å². The van der Waals surface area contributed by atoms with Crippen molar-refractivity contribution in [1.29, 1.82) is 0 Å². The van der Waals surface area contributed by atoms with Crippen molar-refractivity contribution in [3.05, 3.63) is 54.4 Å². The van der Waals surface area contributed by atoms with Gasteiger partial charge in [0.2, 0.25) is 11.8 Å². The number of carbonyl (C=O) groups excluding carboxylic acids is 1. The summed E-state index contributed by atoms with van der Waals surface area (Å²) in [5.74, 6) is 2.91. The number of nitrogens with zero attached hydrogens (tertiary/aromatic N) is 5. The van der Waals surface area contributed by atoms with Crippen molar-refractivity contribution in [2.24, 2.45) is 0 Å². The molecule has 0 radical (unpaired) electrons. The van der Waals surface area contributed by atoms with E-state index in [1.165, 1.54) is 5.56 Å². The highest BCUT2D eigenvalue weighted by Gasteiger charge is 2.31. The van der Waals surface area contributed by atoms with Crippen molar-refractivity contribution in [2.45, 2.75) is 76.5 Å². The number of likely N-dealkylation sites (tertiary alicyclic amines) is 2. The highest BCUT2D eigenvalue weighted by Crippen LogP contribution is 2.39. The molecule has 5 heterocycles. The van der Waals surface area contributed by atoms with E-state index in [9.17, 15) is 4.79 Å². The van der Waals surface area contributed by atoms with E-state index in [-0.39, 0.29) is 0 Å². The van der Waals surface area contributed by atoms with Crippen LogP contribution in [0.25, 0.3) is 11.3 Å². The maximum Gasteiger partial charge on any atom is 0.222 e. The third kappa shape index (κ3) is 7.48. The van der Waals surface area contributed by atoms with Crippen LogP contribution in [0.5, 0.6) is 17.4 Å². The zero-order valence-electron chi connectivity index (χ0n) is 25.8. The second kappa shape index (κ2) is 13.2. The third-order valence-electron chi connectivity index (χ3n) is 8.95. The van der Waals surface area contributed by atoms with Crippen LogP contribution < -0.4 is 9.47 Å².